The normalized spacial score (nSPS) is 27.4. The largest absolute Gasteiger partial charge is 0.305 e. The Kier molecular flexibility index (Phi) is 6.25. The first-order valence-electron chi connectivity index (χ1n) is 7.47. The van der Waals surface area contributed by atoms with E-state index in [9.17, 15) is 5.26 Å². The van der Waals surface area contributed by atoms with E-state index in [1.807, 2.05) is 6.92 Å². The second-order valence-corrected chi connectivity index (χ2v) is 6.39. The van der Waals surface area contributed by atoms with Gasteiger partial charge < -0.3 is 9.80 Å². The predicted molar refractivity (Wildman–Crippen MR) is 80.0 cm³/mol. The van der Waals surface area contributed by atoms with Gasteiger partial charge in [-0.25, -0.2) is 0 Å². The summed E-state index contributed by atoms with van der Waals surface area (Å²) in [5.41, 5.74) is -0.380. The average Bonchev–Trinajstić information content (AvgIpc) is 2.75. The maximum absolute atomic E-state index is 9.34. The summed E-state index contributed by atoms with van der Waals surface area (Å²) in [5.74, 6) is 0.715. The Morgan fingerprint density at radius 1 is 1.42 bits per heavy atom. The third kappa shape index (κ3) is 4.76. The van der Waals surface area contributed by atoms with Gasteiger partial charge in [-0.15, -0.1) is 0 Å². The van der Waals surface area contributed by atoms with Gasteiger partial charge in [-0.3, -0.25) is 5.32 Å². The highest BCUT2D eigenvalue weighted by molar-refractivity contribution is 5.04. The molecule has 0 saturated carbocycles. The van der Waals surface area contributed by atoms with E-state index in [1.54, 1.807) is 0 Å². The molecule has 0 aromatic rings. The van der Waals surface area contributed by atoms with Crippen molar-refractivity contribution >= 4 is 0 Å². The molecule has 1 N–H and O–H groups in total. The maximum atomic E-state index is 9.34. The molecule has 0 amide bonds. The Bertz CT molecular complexity index is 310. The van der Waals surface area contributed by atoms with Crippen molar-refractivity contribution in [3.05, 3.63) is 0 Å². The second kappa shape index (κ2) is 7.23. The molecule has 0 aromatic carbocycles. The third-order valence-electron chi connectivity index (χ3n) is 4.25. The van der Waals surface area contributed by atoms with Gasteiger partial charge >= 0.3 is 0 Å². The summed E-state index contributed by atoms with van der Waals surface area (Å²) in [6.07, 6.45) is 1.97. The van der Waals surface area contributed by atoms with Crippen molar-refractivity contribution in [3.8, 4) is 6.07 Å². The van der Waals surface area contributed by atoms with E-state index < -0.39 is 0 Å². The molecule has 1 aliphatic heterocycles. The van der Waals surface area contributed by atoms with Gasteiger partial charge in [0.1, 0.15) is 5.54 Å². The Morgan fingerprint density at radius 3 is 2.58 bits per heavy atom. The van der Waals surface area contributed by atoms with E-state index in [4.69, 9.17) is 0 Å². The Balaban J connectivity index is 2.42. The highest BCUT2D eigenvalue weighted by Gasteiger charge is 2.32. The van der Waals surface area contributed by atoms with Crippen LogP contribution in [0.2, 0.25) is 0 Å². The van der Waals surface area contributed by atoms with Crippen LogP contribution in [-0.2, 0) is 0 Å². The van der Waals surface area contributed by atoms with Crippen LogP contribution in [0.25, 0.3) is 0 Å². The van der Waals surface area contributed by atoms with E-state index in [0.29, 0.717) is 12.0 Å². The van der Waals surface area contributed by atoms with Crippen LogP contribution in [0.1, 0.15) is 33.6 Å². The molecule has 0 bridgehead atoms. The number of likely N-dealkylation sites (N-methyl/N-ethyl adjacent to an activating group) is 1. The average molecular weight is 266 g/mol. The number of hydrogen-bond donors (Lipinski definition) is 1. The van der Waals surface area contributed by atoms with Crippen molar-refractivity contribution in [1.82, 2.24) is 15.1 Å². The zero-order valence-corrected chi connectivity index (χ0v) is 13.2. The molecular formula is C15H30N4. The Morgan fingerprint density at radius 2 is 2.11 bits per heavy atom. The molecule has 3 unspecified atom stereocenters. The molecule has 0 aromatic heterocycles. The van der Waals surface area contributed by atoms with Crippen LogP contribution in [0.4, 0.5) is 0 Å². The van der Waals surface area contributed by atoms with E-state index in [2.05, 4.69) is 49.1 Å². The lowest BCUT2D eigenvalue weighted by molar-refractivity contribution is 0.244. The molecule has 0 aliphatic carbocycles. The van der Waals surface area contributed by atoms with Gasteiger partial charge in [0.25, 0.3) is 0 Å². The zero-order valence-electron chi connectivity index (χ0n) is 13.2. The fraction of sp³-hybridized carbons (Fsp3) is 0.933. The van der Waals surface area contributed by atoms with Crippen molar-refractivity contribution in [1.29, 1.82) is 5.26 Å². The number of hydrogen-bond acceptors (Lipinski definition) is 4. The molecule has 1 heterocycles. The quantitative estimate of drug-likeness (QED) is 0.759. The minimum atomic E-state index is -0.380. The van der Waals surface area contributed by atoms with Gasteiger partial charge in [-0.2, -0.15) is 5.26 Å². The standard InChI is InChI=1S/C15H30N4/c1-6-8-17-15(3,12-16)7-9-19-10-13(2)14(11-19)18(4)5/h13-14,17H,6-11H2,1-5H3. The molecule has 1 fully saturated rings. The van der Waals surface area contributed by atoms with Gasteiger partial charge in [-0.1, -0.05) is 13.8 Å². The molecule has 19 heavy (non-hydrogen) atoms. The molecule has 3 atom stereocenters. The molecule has 0 spiro atoms. The first kappa shape index (κ1) is 16.4. The number of likely N-dealkylation sites (tertiary alicyclic amines) is 1. The van der Waals surface area contributed by atoms with E-state index in [0.717, 1.165) is 39.0 Å². The van der Waals surface area contributed by atoms with Crippen molar-refractivity contribution in [2.24, 2.45) is 5.92 Å². The summed E-state index contributed by atoms with van der Waals surface area (Å²) in [6.45, 7) is 10.7. The molecule has 1 aliphatic rings. The van der Waals surface area contributed by atoms with Gasteiger partial charge in [0.2, 0.25) is 0 Å². The fourth-order valence-corrected chi connectivity index (χ4v) is 2.87. The smallest absolute Gasteiger partial charge is 0.105 e. The van der Waals surface area contributed by atoms with Crippen molar-refractivity contribution < 1.29 is 0 Å². The SMILES string of the molecule is CCCNC(C)(C#N)CCN1CC(C)C(N(C)C)C1. The van der Waals surface area contributed by atoms with Crippen LogP contribution in [0.3, 0.4) is 0 Å². The Hall–Kier alpha value is -0.630. The molecule has 4 heteroatoms. The number of nitrogens with one attached hydrogen (secondary N) is 1. The topological polar surface area (TPSA) is 42.3 Å². The van der Waals surface area contributed by atoms with Gasteiger partial charge in [0.15, 0.2) is 0 Å². The van der Waals surface area contributed by atoms with Crippen LogP contribution in [0.15, 0.2) is 0 Å². The molecule has 110 valence electrons. The second-order valence-electron chi connectivity index (χ2n) is 6.39. The van der Waals surface area contributed by atoms with E-state index >= 15 is 0 Å². The summed E-state index contributed by atoms with van der Waals surface area (Å²) in [4.78, 5) is 4.82. The fourth-order valence-electron chi connectivity index (χ4n) is 2.87. The van der Waals surface area contributed by atoms with Crippen molar-refractivity contribution in [2.45, 2.75) is 45.2 Å². The summed E-state index contributed by atoms with van der Waals surface area (Å²) in [6, 6.07) is 3.08. The lowest BCUT2D eigenvalue weighted by atomic mass is 9.99. The van der Waals surface area contributed by atoms with Crippen molar-refractivity contribution in [3.63, 3.8) is 0 Å². The summed E-state index contributed by atoms with van der Waals surface area (Å²) in [7, 11) is 4.32. The summed E-state index contributed by atoms with van der Waals surface area (Å²) < 4.78 is 0. The Labute approximate surface area is 118 Å². The zero-order chi connectivity index (χ0) is 14.5. The lowest BCUT2D eigenvalue weighted by Crippen LogP contribution is -2.44. The van der Waals surface area contributed by atoms with Crippen LogP contribution >= 0.6 is 0 Å². The lowest BCUT2D eigenvalue weighted by Gasteiger charge is -2.26. The van der Waals surface area contributed by atoms with E-state index in [-0.39, 0.29) is 5.54 Å². The van der Waals surface area contributed by atoms with E-state index in [1.165, 1.54) is 0 Å². The third-order valence-corrected chi connectivity index (χ3v) is 4.25. The van der Waals surface area contributed by atoms with Crippen LogP contribution < -0.4 is 5.32 Å². The van der Waals surface area contributed by atoms with Crippen molar-refractivity contribution in [2.75, 3.05) is 40.3 Å². The molecule has 4 nitrogen and oxygen atoms in total. The van der Waals surface area contributed by atoms with Crippen LogP contribution in [0.5, 0.6) is 0 Å². The van der Waals surface area contributed by atoms with Gasteiger partial charge in [0.05, 0.1) is 6.07 Å². The maximum Gasteiger partial charge on any atom is 0.105 e. The van der Waals surface area contributed by atoms with Crippen LogP contribution in [-0.4, -0.2) is 61.7 Å². The van der Waals surface area contributed by atoms with Gasteiger partial charge in [0, 0.05) is 25.7 Å². The molecule has 1 saturated heterocycles. The first-order chi connectivity index (χ1) is 8.91. The minimum absolute atomic E-state index is 0.380. The molecule has 1 rings (SSSR count). The summed E-state index contributed by atoms with van der Waals surface area (Å²) in [5, 5.41) is 12.7. The first-order valence-corrected chi connectivity index (χ1v) is 7.47. The minimum Gasteiger partial charge on any atom is -0.305 e. The van der Waals surface area contributed by atoms with Crippen LogP contribution in [0, 0.1) is 17.2 Å². The molecule has 0 radical (unpaired) electrons. The van der Waals surface area contributed by atoms with Gasteiger partial charge in [-0.05, 0) is 46.3 Å². The monoisotopic (exact) mass is 266 g/mol. The predicted octanol–water partition coefficient (Wildman–Crippen LogP) is 1.54. The number of nitrogens with zero attached hydrogens (tertiary/aromatic N) is 3. The number of rotatable bonds is 7. The summed E-state index contributed by atoms with van der Waals surface area (Å²) >= 11 is 0. The highest BCUT2D eigenvalue weighted by Crippen LogP contribution is 2.21. The highest BCUT2D eigenvalue weighted by atomic mass is 15.2. The number of nitriles is 1. The molecular weight excluding hydrogens is 236 g/mol.